The number of hydrogen-bond acceptors (Lipinski definition) is 8. The molecule has 2 aliphatic heterocycles. The first-order valence-corrected chi connectivity index (χ1v) is 11.5. The van der Waals surface area contributed by atoms with Crippen molar-refractivity contribution in [3.05, 3.63) is 36.3 Å². The summed E-state index contributed by atoms with van der Waals surface area (Å²) >= 11 is 0. The second kappa shape index (κ2) is 8.77. The molecule has 4 atom stereocenters. The molecule has 2 aromatic heterocycles. The highest BCUT2D eigenvalue weighted by atomic mass is 16.5. The van der Waals surface area contributed by atoms with Gasteiger partial charge in [0.15, 0.2) is 5.82 Å². The predicted molar refractivity (Wildman–Crippen MR) is 117 cm³/mol. The number of carbonyl (C=O) groups excluding carboxylic acids is 1. The van der Waals surface area contributed by atoms with E-state index in [1.165, 1.54) is 19.3 Å². The van der Waals surface area contributed by atoms with E-state index in [1.54, 1.807) is 12.4 Å². The Morgan fingerprint density at radius 1 is 1.10 bits per heavy atom. The molecule has 8 nitrogen and oxygen atoms in total. The molecule has 31 heavy (non-hydrogen) atoms. The standard InChI is InChI=1S/C23H30N6O2/c1-16-9-10-21(27-26-16)28-13-4-7-18(28)15-31-22(30)20-14-17-6-2-3-8-19(17)29(20)23-24-11-5-12-25-23/h5,9-12,17-20H,2-4,6-8,13-15H2,1H3/t17-,18+,19-,20-/m0/s1. The summed E-state index contributed by atoms with van der Waals surface area (Å²) < 4.78 is 5.92. The minimum absolute atomic E-state index is 0.145. The van der Waals surface area contributed by atoms with Gasteiger partial charge in [0, 0.05) is 25.0 Å². The van der Waals surface area contributed by atoms with Gasteiger partial charge in [-0.05, 0) is 63.1 Å². The molecular formula is C23H30N6O2. The molecule has 2 aromatic rings. The van der Waals surface area contributed by atoms with E-state index in [0.717, 1.165) is 43.7 Å². The molecule has 1 aliphatic carbocycles. The van der Waals surface area contributed by atoms with Crippen LogP contribution < -0.4 is 9.80 Å². The Morgan fingerprint density at radius 2 is 1.94 bits per heavy atom. The average Bonchev–Trinajstić information content (AvgIpc) is 3.43. The van der Waals surface area contributed by atoms with Crippen LogP contribution in [0.25, 0.3) is 0 Å². The molecule has 5 rings (SSSR count). The number of aryl methyl sites for hydroxylation is 1. The minimum Gasteiger partial charge on any atom is -0.462 e. The van der Waals surface area contributed by atoms with Crippen molar-refractivity contribution in [3.8, 4) is 0 Å². The Morgan fingerprint density at radius 3 is 2.74 bits per heavy atom. The largest absolute Gasteiger partial charge is 0.462 e. The van der Waals surface area contributed by atoms with Gasteiger partial charge in [-0.3, -0.25) is 0 Å². The molecule has 3 fully saturated rings. The van der Waals surface area contributed by atoms with Crippen LogP contribution in [0, 0.1) is 12.8 Å². The summed E-state index contributed by atoms with van der Waals surface area (Å²) in [4.78, 5) is 26.5. The van der Waals surface area contributed by atoms with E-state index >= 15 is 0 Å². The van der Waals surface area contributed by atoms with Gasteiger partial charge in [-0.1, -0.05) is 12.8 Å². The first kappa shape index (κ1) is 20.2. The van der Waals surface area contributed by atoms with Crippen LogP contribution in [0.2, 0.25) is 0 Å². The molecule has 1 saturated carbocycles. The lowest BCUT2D eigenvalue weighted by molar-refractivity contribution is -0.145. The van der Waals surface area contributed by atoms with Crippen molar-refractivity contribution in [2.45, 2.75) is 70.0 Å². The summed E-state index contributed by atoms with van der Waals surface area (Å²) in [5.74, 6) is 1.87. The average molecular weight is 423 g/mol. The lowest BCUT2D eigenvalue weighted by atomic mass is 9.85. The van der Waals surface area contributed by atoms with E-state index < -0.39 is 0 Å². The van der Waals surface area contributed by atoms with Crippen molar-refractivity contribution >= 4 is 17.7 Å². The number of esters is 1. The molecular weight excluding hydrogens is 392 g/mol. The van der Waals surface area contributed by atoms with Gasteiger partial charge in [-0.15, -0.1) is 5.10 Å². The van der Waals surface area contributed by atoms with E-state index in [0.29, 0.717) is 24.5 Å². The quantitative estimate of drug-likeness (QED) is 0.680. The molecule has 0 spiro atoms. The van der Waals surface area contributed by atoms with E-state index in [4.69, 9.17) is 4.74 Å². The van der Waals surface area contributed by atoms with Crippen LogP contribution in [-0.2, 0) is 9.53 Å². The monoisotopic (exact) mass is 422 g/mol. The summed E-state index contributed by atoms with van der Waals surface area (Å²) in [6, 6.07) is 5.96. The number of carbonyl (C=O) groups is 1. The second-order valence-electron chi connectivity index (χ2n) is 8.97. The van der Waals surface area contributed by atoms with Crippen molar-refractivity contribution in [2.75, 3.05) is 23.0 Å². The third kappa shape index (κ3) is 4.07. The second-order valence-corrected chi connectivity index (χ2v) is 8.97. The molecule has 4 heterocycles. The lowest BCUT2D eigenvalue weighted by Crippen LogP contribution is -2.45. The molecule has 0 N–H and O–H groups in total. The number of ether oxygens (including phenoxy) is 1. The number of nitrogens with zero attached hydrogens (tertiary/aromatic N) is 6. The zero-order chi connectivity index (χ0) is 21.2. The smallest absolute Gasteiger partial charge is 0.328 e. The molecule has 164 valence electrons. The van der Waals surface area contributed by atoms with Crippen molar-refractivity contribution < 1.29 is 9.53 Å². The Balaban J connectivity index is 1.28. The fraction of sp³-hybridized carbons (Fsp3) is 0.609. The van der Waals surface area contributed by atoms with Crippen LogP contribution >= 0.6 is 0 Å². The number of anilines is 2. The van der Waals surface area contributed by atoms with Crippen molar-refractivity contribution in [2.24, 2.45) is 5.92 Å². The fourth-order valence-electron chi connectivity index (χ4n) is 5.51. The first-order valence-electron chi connectivity index (χ1n) is 11.5. The van der Waals surface area contributed by atoms with Crippen LogP contribution in [0.3, 0.4) is 0 Å². The Hall–Kier alpha value is -2.77. The summed E-state index contributed by atoms with van der Waals surface area (Å²) in [7, 11) is 0. The van der Waals surface area contributed by atoms with Gasteiger partial charge < -0.3 is 14.5 Å². The minimum atomic E-state index is -0.301. The molecule has 0 amide bonds. The van der Waals surface area contributed by atoms with Gasteiger partial charge in [-0.2, -0.15) is 5.10 Å². The molecule has 8 heteroatoms. The lowest BCUT2D eigenvalue weighted by Gasteiger charge is -2.33. The van der Waals surface area contributed by atoms with Crippen LogP contribution in [-0.4, -0.2) is 57.4 Å². The van der Waals surface area contributed by atoms with Gasteiger partial charge in [0.1, 0.15) is 12.6 Å². The van der Waals surface area contributed by atoms with Crippen molar-refractivity contribution in [3.63, 3.8) is 0 Å². The van der Waals surface area contributed by atoms with E-state index in [9.17, 15) is 4.79 Å². The Kier molecular flexibility index (Phi) is 5.70. The van der Waals surface area contributed by atoms with E-state index in [1.807, 2.05) is 25.1 Å². The van der Waals surface area contributed by atoms with Gasteiger partial charge in [0.2, 0.25) is 5.95 Å². The Bertz CT molecular complexity index is 893. The van der Waals surface area contributed by atoms with Crippen LogP contribution in [0.4, 0.5) is 11.8 Å². The molecule has 0 unspecified atom stereocenters. The van der Waals surface area contributed by atoms with E-state index in [-0.39, 0.29) is 18.1 Å². The predicted octanol–water partition coefficient (Wildman–Crippen LogP) is 2.92. The molecule has 3 aliphatic rings. The summed E-state index contributed by atoms with van der Waals surface area (Å²) in [5, 5.41) is 8.51. The van der Waals surface area contributed by atoms with E-state index in [2.05, 4.69) is 30.0 Å². The van der Waals surface area contributed by atoms with Gasteiger partial charge >= 0.3 is 5.97 Å². The maximum atomic E-state index is 13.3. The zero-order valence-corrected chi connectivity index (χ0v) is 18.1. The third-order valence-electron chi connectivity index (χ3n) is 7.02. The highest BCUT2D eigenvalue weighted by Crippen LogP contribution is 2.41. The maximum absolute atomic E-state index is 13.3. The highest BCUT2D eigenvalue weighted by molar-refractivity contribution is 5.80. The fourth-order valence-corrected chi connectivity index (χ4v) is 5.51. The highest BCUT2D eigenvalue weighted by Gasteiger charge is 2.47. The number of fused-ring (bicyclic) bond motifs is 1. The molecule has 0 bridgehead atoms. The normalized spacial score (nSPS) is 27.9. The van der Waals surface area contributed by atoms with Gasteiger partial charge in [0.05, 0.1) is 11.7 Å². The maximum Gasteiger partial charge on any atom is 0.328 e. The summed E-state index contributed by atoms with van der Waals surface area (Å²) in [5.41, 5.74) is 0.900. The topological polar surface area (TPSA) is 84.3 Å². The van der Waals surface area contributed by atoms with Gasteiger partial charge in [0.25, 0.3) is 0 Å². The SMILES string of the molecule is Cc1ccc(N2CCC[C@@H]2COC(=O)[C@@H]2C[C@@H]3CCCC[C@@H]3N2c2ncccn2)nn1. The van der Waals surface area contributed by atoms with Crippen LogP contribution in [0.15, 0.2) is 30.6 Å². The molecule has 0 radical (unpaired) electrons. The molecule has 2 saturated heterocycles. The Labute approximate surface area is 183 Å². The van der Waals surface area contributed by atoms with Crippen molar-refractivity contribution in [1.29, 1.82) is 0 Å². The number of hydrogen-bond donors (Lipinski definition) is 0. The number of rotatable bonds is 5. The van der Waals surface area contributed by atoms with Crippen molar-refractivity contribution in [1.82, 2.24) is 20.2 Å². The molecule has 0 aromatic carbocycles. The van der Waals surface area contributed by atoms with Gasteiger partial charge in [-0.25, -0.2) is 14.8 Å². The third-order valence-corrected chi connectivity index (χ3v) is 7.02. The first-order chi connectivity index (χ1) is 15.2. The van der Waals surface area contributed by atoms with Crippen LogP contribution in [0.1, 0.15) is 50.6 Å². The van der Waals surface area contributed by atoms with Crippen LogP contribution in [0.5, 0.6) is 0 Å². The zero-order valence-electron chi connectivity index (χ0n) is 18.1. The summed E-state index contributed by atoms with van der Waals surface area (Å²) in [6.45, 7) is 3.22. The summed E-state index contributed by atoms with van der Waals surface area (Å²) in [6.07, 6.45) is 11.1. The number of aromatic nitrogens is 4.